The molecule has 41 heavy (non-hydrogen) atoms. The highest BCUT2D eigenvalue weighted by molar-refractivity contribution is 6.47. The fraction of sp³-hybridized carbons (Fsp3) is 0.333. The minimum atomic E-state index is -1.79. The number of amides is 5. The number of nitrogens with zero attached hydrogens (tertiary/aromatic N) is 3. The van der Waals surface area contributed by atoms with E-state index in [1.807, 2.05) is 0 Å². The summed E-state index contributed by atoms with van der Waals surface area (Å²) >= 11 is 6.14. The standard InChI is InChI=1S/C24H23BClN5O10/c26-15-16(27-8-13(32)18(15)33)17(29-24(39)31-9-11-4-2-6-30(11)21(35)22(31)36)20(34)28-14-7-10-3-1-5-12(23(37)38)19(10)41-25(14)40/h1,3,5,8,11,14,17,32,40H,2,4,6-7,9H2,(H,27,33)(H,28,34)(H,29,39)(H,37,38)/t11-,14-,17?/m0/s1. The number of urea groups is 1. The van der Waals surface area contributed by atoms with Crippen LogP contribution < -0.4 is 15.3 Å². The lowest BCUT2D eigenvalue weighted by molar-refractivity contribution is -0.155. The minimum absolute atomic E-state index is 0.0646. The summed E-state index contributed by atoms with van der Waals surface area (Å²) in [7, 11) is -1.70. The van der Waals surface area contributed by atoms with Gasteiger partial charge in [0.15, 0.2) is 17.5 Å². The molecule has 1 aromatic carbocycles. The SMILES string of the molecule is O=C(O)c1cccc2c1OB(O)[C@@H](NC(=O)C(NC(=O)N1C[C@@H]3CCCN3C(=O)C1=O)c1ncc(O)c(O)c1Cl)C2. The van der Waals surface area contributed by atoms with E-state index in [0.717, 1.165) is 6.20 Å². The molecule has 5 amide bonds. The van der Waals surface area contributed by atoms with Gasteiger partial charge in [0.25, 0.3) is 0 Å². The molecule has 2 fully saturated rings. The van der Waals surface area contributed by atoms with Crippen LogP contribution >= 0.6 is 11.6 Å². The molecule has 6 N–H and O–H groups in total. The second-order valence-corrected chi connectivity index (χ2v) is 10.1. The third-order valence-electron chi connectivity index (χ3n) is 7.19. The molecule has 0 saturated carbocycles. The number of aromatic hydroxyl groups is 2. The Morgan fingerprint density at radius 2 is 1.95 bits per heavy atom. The Morgan fingerprint density at radius 1 is 1.20 bits per heavy atom. The van der Waals surface area contributed by atoms with Crippen molar-refractivity contribution in [3.63, 3.8) is 0 Å². The Morgan fingerprint density at radius 3 is 2.68 bits per heavy atom. The number of benzene rings is 1. The normalized spacial score (nSPS) is 20.6. The molecule has 3 aliphatic heterocycles. The molecule has 4 heterocycles. The summed E-state index contributed by atoms with van der Waals surface area (Å²) in [6, 6.07) is 1.04. The van der Waals surface area contributed by atoms with E-state index in [9.17, 15) is 44.3 Å². The van der Waals surface area contributed by atoms with Crippen molar-refractivity contribution in [3.05, 3.63) is 46.2 Å². The zero-order chi connectivity index (χ0) is 29.6. The van der Waals surface area contributed by atoms with Crippen LogP contribution in [0.2, 0.25) is 5.02 Å². The maximum atomic E-state index is 13.5. The average molecular weight is 588 g/mol. The smallest absolute Gasteiger partial charge is 0.534 e. The van der Waals surface area contributed by atoms with Crippen LogP contribution in [0.4, 0.5) is 4.79 Å². The van der Waals surface area contributed by atoms with Crippen LogP contribution in [0.25, 0.3) is 0 Å². The summed E-state index contributed by atoms with van der Waals surface area (Å²) in [5, 5.41) is 44.1. The van der Waals surface area contributed by atoms with E-state index in [1.165, 1.54) is 17.0 Å². The number of carbonyl (C=O) groups excluding carboxylic acids is 4. The monoisotopic (exact) mass is 587 g/mol. The van der Waals surface area contributed by atoms with Crippen molar-refractivity contribution in [2.75, 3.05) is 13.1 Å². The number of carbonyl (C=O) groups is 5. The molecule has 1 unspecified atom stereocenters. The maximum absolute atomic E-state index is 13.5. The highest BCUT2D eigenvalue weighted by Gasteiger charge is 2.45. The molecular weight excluding hydrogens is 565 g/mol. The Kier molecular flexibility index (Phi) is 7.36. The van der Waals surface area contributed by atoms with E-state index in [4.69, 9.17) is 16.3 Å². The van der Waals surface area contributed by atoms with Gasteiger partial charge >= 0.3 is 30.9 Å². The first-order valence-electron chi connectivity index (χ1n) is 12.5. The van der Waals surface area contributed by atoms with E-state index in [-0.39, 0.29) is 30.3 Å². The molecule has 2 saturated heterocycles. The molecule has 15 nitrogen and oxygen atoms in total. The zero-order valence-corrected chi connectivity index (χ0v) is 21.9. The number of hydrogen-bond donors (Lipinski definition) is 6. The summed E-state index contributed by atoms with van der Waals surface area (Å²) in [5.41, 5.74) is -0.225. The number of piperazine rings is 1. The summed E-state index contributed by atoms with van der Waals surface area (Å²) < 4.78 is 5.39. The van der Waals surface area contributed by atoms with Gasteiger partial charge < -0.3 is 40.5 Å². The summed E-state index contributed by atoms with van der Waals surface area (Å²) in [5.74, 6) is -6.97. The van der Waals surface area contributed by atoms with Crippen molar-refractivity contribution in [1.82, 2.24) is 25.4 Å². The molecule has 0 bridgehead atoms. The van der Waals surface area contributed by atoms with Crippen LogP contribution in [-0.2, 0) is 20.8 Å². The number of carboxylic acids is 1. The maximum Gasteiger partial charge on any atom is 0.547 e. The Bertz CT molecular complexity index is 1470. The first-order valence-corrected chi connectivity index (χ1v) is 12.8. The largest absolute Gasteiger partial charge is 0.547 e. The number of para-hydroxylation sites is 1. The fourth-order valence-corrected chi connectivity index (χ4v) is 5.38. The van der Waals surface area contributed by atoms with E-state index in [1.54, 1.807) is 6.07 Å². The molecular formula is C24H23BClN5O10. The number of nitrogens with one attached hydrogen (secondary N) is 2. The number of rotatable bonds is 5. The van der Waals surface area contributed by atoms with E-state index < -0.39 is 71.0 Å². The lowest BCUT2D eigenvalue weighted by Gasteiger charge is -2.36. The van der Waals surface area contributed by atoms with Gasteiger partial charge in [-0.2, -0.15) is 0 Å². The summed E-state index contributed by atoms with van der Waals surface area (Å²) in [6.07, 6.45) is 1.97. The highest BCUT2D eigenvalue weighted by atomic mass is 35.5. The third kappa shape index (κ3) is 5.07. The number of aromatic carboxylic acids is 1. The molecule has 1 aromatic heterocycles. The van der Waals surface area contributed by atoms with Gasteiger partial charge in [0.2, 0.25) is 5.91 Å². The number of hydrogen-bond acceptors (Lipinski definition) is 10. The van der Waals surface area contributed by atoms with Crippen molar-refractivity contribution < 1.29 is 49.0 Å². The van der Waals surface area contributed by atoms with E-state index in [2.05, 4.69) is 15.6 Å². The summed E-state index contributed by atoms with van der Waals surface area (Å²) in [4.78, 5) is 69.4. The number of carboxylic acid groups (broad SMARTS) is 1. The molecule has 5 rings (SSSR count). The van der Waals surface area contributed by atoms with Crippen molar-refractivity contribution in [2.24, 2.45) is 0 Å². The highest BCUT2D eigenvalue weighted by Crippen LogP contribution is 2.37. The van der Waals surface area contributed by atoms with Crippen molar-refractivity contribution in [2.45, 2.75) is 37.3 Å². The van der Waals surface area contributed by atoms with Gasteiger partial charge in [-0.15, -0.1) is 0 Å². The van der Waals surface area contributed by atoms with Gasteiger partial charge in [0, 0.05) is 6.54 Å². The van der Waals surface area contributed by atoms with Crippen LogP contribution in [0.3, 0.4) is 0 Å². The molecule has 0 aliphatic carbocycles. The Labute approximate surface area is 236 Å². The Hall–Kier alpha value is -4.57. The van der Waals surface area contributed by atoms with Crippen LogP contribution in [0.5, 0.6) is 17.2 Å². The molecule has 0 radical (unpaired) electrons. The second-order valence-electron chi connectivity index (χ2n) is 9.71. The lowest BCUT2D eigenvalue weighted by atomic mass is 9.72. The number of pyridine rings is 1. The van der Waals surface area contributed by atoms with Crippen LogP contribution in [-0.4, -0.2) is 97.0 Å². The van der Waals surface area contributed by atoms with Crippen molar-refractivity contribution in [1.29, 1.82) is 0 Å². The molecule has 214 valence electrons. The summed E-state index contributed by atoms with van der Waals surface area (Å²) in [6.45, 7) is 0.287. The van der Waals surface area contributed by atoms with Gasteiger partial charge in [-0.25, -0.2) is 9.59 Å². The average Bonchev–Trinajstić information content (AvgIpc) is 3.41. The van der Waals surface area contributed by atoms with Gasteiger partial charge in [0.1, 0.15) is 10.8 Å². The predicted octanol–water partition coefficient (Wildman–Crippen LogP) is -0.432. The number of imide groups is 1. The van der Waals surface area contributed by atoms with Crippen LogP contribution in [0, 0.1) is 0 Å². The third-order valence-corrected chi connectivity index (χ3v) is 7.56. The number of fused-ring (bicyclic) bond motifs is 2. The van der Waals surface area contributed by atoms with Gasteiger partial charge in [0.05, 0.1) is 36.0 Å². The second kappa shape index (κ2) is 10.8. The molecule has 3 aliphatic rings. The molecule has 17 heteroatoms. The molecule has 2 aromatic rings. The van der Waals surface area contributed by atoms with E-state index in [0.29, 0.717) is 29.8 Å². The first-order chi connectivity index (χ1) is 19.5. The van der Waals surface area contributed by atoms with Gasteiger partial charge in [-0.05, 0) is 30.9 Å². The van der Waals surface area contributed by atoms with Gasteiger partial charge in [-0.3, -0.25) is 24.3 Å². The zero-order valence-electron chi connectivity index (χ0n) is 21.1. The predicted molar refractivity (Wildman–Crippen MR) is 138 cm³/mol. The van der Waals surface area contributed by atoms with Gasteiger partial charge in [-0.1, -0.05) is 23.7 Å². The minimum Gasteiger partial charge on any atom is -0.534 e. The first kappa shape index (κ1) is 28.0. The number of halogens is 1. The van der Waals surface area contributed by atoms with Crippen molar-refractivity contribution >= 4 is 48.4 Å². The topological polar surface area (TPSA) is 219 Å². The molecule has 3 atom stereocenters. The lowest BCUT2D eigenvalue weighted by Crippen LogP contribution is -2.62. The van der Waals surface area contributed by atoms with Crippen LogP contribution in [0.1, 0.15) is 40.5 Å². The fourth-order valence-electron chi connectivity index (χ4n) is 5.13. The molecule has 0 spiro atoms. The Balaban J connectivity index is 1.41. The van der Waals surface area contributed by atoms with E-state index >= 15 is 0 Å². The van der Waals surface area contributed by atoms with Crippen LogP contribution in [0.15, 0.2) is 24.4 Å². The number of aromatic nitrogens is 1. The van der Waals surface area contributed by atoms with Crippen molar-refractivity contribution in [3.8, 4) is 17.2 Å². The quantitative estimate of drug-likeness (QED) is 0.195.